The minimum absolute atomic E-state index is 0.0514. The van der Waals surface area contributed by atoms with Crippen molar-refractivity contribution in [2.75, 3.05) is 25.5 Å². The number of benzene rings is 2. The van der Waals surface area contributed by atoms with E-state index in [2.05, 4.69) is 21.2 Å². The van der Waals surface area contributed by atoms with E-state index >= 15 is 0 Å². The van der Waals surface area contributed by atoms with E-state index in [1.165, 1.54) is 7.11 Å². The Kier molecular flexibility index (Phi) is 6.80. The molecule has 8 heteroatoms. The number of hydrogen-bond donors (Lipinski definition) is 1. The quantitative estimate of drug-likeness (QED) is 0.715. The molecule has 2 rings (SSSR count). The highest BCUT2D eigenvalue weighted by atomic mass is 79.9. The van der Waals surface area contributed by atoms with Crippen molar-refractivity contribution in [3.63, 3.8) is 0 Å². The van der Waals surface area contributed by atoms with E-state index in [4.69, 9.17) is 4.74 Å². The average Bonchev–Trinajstić information content (AvgIpc) is 2.61. The number of methoxy groups -OCH3 is 1. The van der Waals surface area contributed by atoms with E-state index in [0.29, 0.717) is 5.69 Å². The van der Waals surface area contributed by atoms with Gasteiger partial charge in [0.2, 0.25) is 15.9 Å². The standard InChI is InChI=1S/C18H21BrN2O4S/c1-4-21(12-18(22)20-15-8-6-5-7-14(15)19)26(23,24)17-11-13(2)9-10-16(17)25-3/h5-11H,4,12H2,1-3H3,(H,20,22). The molecule has 2 aromatic carbocycles. The van der Waals surface area contributed by atoms with Crippen molar-refractivity contribution in [2.24, 2.45) is 0 Å². The largest absolute Gasteiger partial charge is 0.495 e. The van der Waals surface area contributed by atoms with Crippen molar-refractivity contribution in [2.45, 2.75) is 18.7 Å². The highest BCUT2D eigenvalue weighted by Crippen LogP contribution is 2.28. The topological polar surface area (TPSA) is 75.7 Å². The first-order chi connectivity index (χ1) is 12.3. The lowest BCUT2D eigenvalue weighted by Crippen LogP contribution is -2.38. The van der Waals surface area contributed by atoms with Crippen LogP contribution in [-0.2, 0) is 14.8 Å². The Morgan fingerprint density at radius 2 is 1.92 bits per heavy atom. The summed E-state index contributed by atoms with van der Waals surface area (Å²) in [5, 5.41) is 2.72. The van der Waals surface area contributed by atoms with Crippen LogP contribution >= 0.6 is 15.9 Å². The maximum Gasteiger partial charge on any atom is 0.247 e. The Morgan fingerprint density at radius 1 is 1.23 bits per heavy atom. The van der Waals surface area contributed by atoms with E-state index in [0.717, 1.165) is 14.3 Å². The monoisotopic (exact) mass is 440 g/mol. The number of carbonyl (C=O) groups is 1. The molecule has 26 heavy (non-hydrogen) atoms. The van der Waals surface area contributed by atoms with Gasteiger partial charge in [0.1, 0.15) is 10.6 Å². The van der Waals surface area contributed by atoms with Gasteiger partial charge in [0.05, 0.1) is 19.3 Å². The molecule has 0 aromatic heterocycles. The molecule has 0 bridgehead atoms. The third-order valence-electron chi connectivity index (χ3n) is 3.76. The van der Waals surface area contributed by atoms with Gasteiger partial charge in [-0.3, -0.25) is 4.79 Å². The molecule has 0 saturated carbocycles. The zero-order valence-corrected chi connectivity index (χ0v) is 17.2. The number of ether oxygens (including phenoxy) is 1. The molecule has 0 saturated heterocycles. The molecule has 0 spiro atoms. The molecule has 0 aliphatic rings. The molecule has 0 unspecified atom stereocenters. The van der Waals surface area contributed by atoms with Gasteiger partial charge < -0.3 is 10.1 Å². The molecule has 1 N–H and O–H groups in total. The van der Waals surface area contributed by atoms with Crippen LogP contribution in [0.1, 0.15) is 12.5 Å². The fourth-order valence-corrected chi connectivity index (χ4v) is 4.43. The number of aryl methyl sites for hydroxylation is 1. The van der Waals surface area contributed by atoms with Gasteiger partial charge in [-0.05, 0) is 52.7 Å². The number of anilines is 1. The number of hydrogen-bond acceptors (Lipinski definition) is 4. The van der Waals surface area contributed by atoms with Crippen molar-refractivity contribution in [3.8, 4) is 5.75 Å². The summed E-state index contributed by atoms with van der Waals surface area (Å²) < 4.78 is 33.0. The second-order valence-corrected chi connectivity index (χ2v) is 8.37. The van der Waals surface area contributed by atoms with E-state index in [1.54, 1.807) is 50.2 Å². The van der Waals surface area contributed by atoms with Crippen LogP contribution in [-0.4, -0.2) is 38.8 Å². The minimum atomic E-state index is -3.88. The predicted octanol–water partition coefficient (Wildman–Crippen LogP) is 3.42. The third kappa shape index (κ3) is 4.63. The van der Waals surface area contributed by atoms with Crippen molar-refractivity contribution >= 4 is 37.5 Å². The number of likely N-dealkylation sites (N-methyl/N-ethyl adjacent to an activating group) is 1. The Bertz CT molecular complexity index is 900. The number of carbonyl (C=O) groups excluding carboxylic acids is 1. The number of sulfonamides is 1. The number of halogens is 1. The molecule has 0 aliphatic heterocycles. The van der Waals surface area contributed by atoms with Gasteiger partial charge in [-0.25, -0.2) is 8.42 Å². The lowest BCUT2D eigenvalue weighted by Gasteiger charge is -2.21. The maximum absolute atomic E-state index is 13.0. The molecule has 0 fully saturated rings. The Morgan fingerprint density at radius 3 is 2.54 bits per heavy atom. The first kappa shape index (κ1) is 20.4. The first-order valence-corrected chi connectivity index (χ1v) is 10.2. The second-order valence-electron chi connectivity index (χ2n) is 5.61. The lowest BCUT2D eigenvalue weighted by molar-refractivity contribution is -0.116. The van der Waals surface area contributed by atoms with Crippen LogP contribution in [0.5, 0.6) is 5.75 Å². The summed E-state index contributed by atoms with van der Waals surface area (Å²) in [5.41, 5.74) is 1.37. The summed E-state index contributed by atoms with van der Waals surface area (Å²) in [4.78, 5) is 12.4. The van der Waals surface area contributed by atoms with Crippen LogP contribution < -0.4 is 10.1 Å². The van der Waals surface area contributed by atoms with Crippen LogP contribution in [0.15, 0.2) is 51.8 Å². The summed E-state index contributed by atoms with van der Waals surface area (Å²) in [7, 11) is -2.46. The maximum atomic E-state index is 13.0. The van der Waals surface area contributed by atoms with Gasteiger partial charge in [0, 0.05) is 11.0 Å². The lowest BCUT2D eigenvalue weighted by atomic mass is 10.2. The Hall–Kier alpha value is -1.90. The summed E-state index contributed by atoms with van der Waals surface area (Å²) in [5.74, 6) is -0.172. The van der Waals surface area contributed by atoms with Crippen LogP contribution in [0.4, 0.5) is 5.69 Å². The molecular weight excluding hydrogens is 420 g/mol. The molecule has 2 aromatic rings. The Labute approximate surface area is 162 Å². The summed E-state index contributed by atoms with van der Waals surface area (Å²) in [6.07, 6.45) is 0. The molecule has 0 aliphatic carbocycles. The zero-order valence-electron chi connectivity index (χ0n) is 14.8. The van der Waals surface area contributed by atoms with E-state index in [9.17, 15) is 13.2 Å². The van der Waals surface area contributed by atoms with Crippen molar-refractivity contribution in [1.82, 2.24) is 4.31 Å². The van der Waals surface area contributed by atoms with Gasteiger partial charge in [-0.2, -0.15) is 4.31 Å². The number of rotatable bonds is 7. The fraction of sp³-hybridized carbons (Fsp3) is 0.278. The van der Waals surface area contributed by atoms with E-state index < -0.39 is 15.9 Å². The molecule has 0 atom stereocenters. The smallest absolute Gasteiger partial charge is 0.247 e. The number of nitrogens with zero attached hydrogens (tertiary/aromatic N) is 1. The summed E-state index contributed by atoms with van der Waals surface area (Å²) in [6.45, 7) is 3.35. The van der Waals surface area contributed by atoms with Gasteiger partial charge in [-0.15, -0.1) is 0 Å². The van der Waals surface area contributed by atoms with Crippen LogP contribution in [0.25, 0.3) is 0 Å². The number of nitrogens with one attached hydrogen (secondary N) is 1. The first-order valence-electron chi connectivity index (χ1n) is 7.98. The van der Waals surface area contributed by atoms with Gasteiger partial charge >= 0.3 is 0 Å². The molecule has 6 nitrogen and oxygen atoms in total. The van der Waals surface area contributed by atoms with Crippen molar-refractivity contribution in [1.29, 1.82) is 0 Å². The highest BCUT2D eigenvalue weighted by Gasteiger charge is 2.28. The van der Waals surface area contributed by atoms with Crippen molar-refractivity contribution in [3.05, 3.63) is 52.5 Å². The molecule has 1 amide bonds. The van der Waals surface area contributed by atoms with Crippen molar-refractivity contribution < 1.29 is 17.9 Å². The number of amides is 1. The fourth-order valence-electron chi connectivity index (χ4n) is 2.40. The third-order valence-corrected chi connectivity index (χ3v) is 6.39. The van der Waals surface area contributed by atoms with E-state index in [1.807, 2.05) is 6.07 Å². The van der Waals surface area contributed by atoms with Gasteiger partial charge in [-0.1, -0.05) is 25.1 Å². The SMILES string of the molecule is CCN(CC(=O)Nc1ccccc1Br)S(=O)(=O)c1cc(C)ccc1OC. The summed E-state index contributed by atoms with van der Waals surface area (Å²) >= 11 is 3.35. The zero-order chi connectivity index (χ0) is 19.3. The minimum Gasteiger partial charge on any atom is -0.495 e. The molecule has 0 heterocycles. The summed E-state index contributed by atoms with van der Waals surface area (Å²) in [6, 6.07) is 12.1. The highest BCUT2D eigenvalue weighted by molar-refractivity contribution is 9.10. The number of para-hydroxylation sites is 1. The van der Waals surface area contributed by atoms with E-state index in [-0.39, 0.29) is 23.7 Å². The van der Waals surface area contributed by atoms with Gasteiger partial charge in [0.25, 0.3) is 0 Å². The predicted molar refractivity (Wildman–Crippen MR) is 105 cm³/mol. The van der Waals surface area contributed by atoms with Gasteiger partial charge in [0.15, 0.2) is 0 Å². The van der Waals surface area contributed by atoms with Crippen LogP contribution in [0.2, 0.25) is 0 Å². The molecular formula is C18H21BrN2O4S. The van der Waals surface area contributed by atoms with Crippen LogP contribution in [0, 0.1) is 6.92 Å². The Balaban J connectivity index is 2.26. The normalized spacial score (nSPS) is 11.4. The second kappa shape index (κ2) is 8.66. The average molecular weight is 441 g/mol. The van der Waals surface area contributed by atoms with Crippen LogP contribution in [0.3, 0.4) is 0 Å². The molecule has 0 radical (unpaired) electrons. The molecule has 140 valence electrons.